The molecule has 0 heterocycles. The molecule has 5 nitrogen and oxygen atoms in total. The van der Waals surface area contributed by atoms with E-state index in [1.54, 1.807) is 12.1 Å². The third kappa shape index (κ3) is 5.40. The number of rotatable bonds is 6. The zero-order valence-corrected chi connectivity index (χ0v) is 14.4. The molecule has 0 bridgehead atoms. The first kappa shape index (κ1) is 18.1. The zero-order chi connectivity index (χ0) is 19.1. The maximum Gasteiger partial charge on any atom is 0.251 e. The van der Waals surface area contributed by atoms with E-state index in [0.717, 1.165) is 11.4 Å². The summed E-state index contributed by atoms with van der Waals surface area (Å²) in [6.07, 6.45) is 0. The minimum atomic E-state index is -0.437. The molecule has 0 fully saturated rings. The summed E-state index contributed by atoms with van der Waals surface area (Å²) >= 11 is 0. The van der Waals surface area contributed by atoms with E-state index in [9.17, 15) is 14.0 Å². The smallest absolute Gasteiger partial charge is 0.251 e. The van der Waals surface area contributed by atoms with E-state index in [1.165, 1.54) is 24.3 Å². The molecule has 0 aromatic heterocycles. The second kappa shape index (κ2) is 8.62. The molecule has 0 saturated heterocycles. The Balaban J connectivity index is 1.49. The standard InChI is InChI=1S/C21H18FN3O2/c22-16-8-6-15(7-9-16)21(27)23-14-20(26)25-19-12-10-18(11-13-19)24-17-4-2-1-3-5-17/h1-13,24H,14H2,(H,23,27)(H,25,26). The molecule has 136 valence electrons. The molecule has 0 radical (unpaired) electrons. The van der Waals surface area contributed by atoms with Gasteiger partial charge in [0.15, 0.2) is 0 Å². The van der Waals surface area contributed by atoms with Crippen molar-refractivity contribution in [3.63, 3.8) is 0 Å². The molecule has 0 unspecified atom stereocenters. The molecule has 0 saturated carbocycles. The van der Waals surface area contributed by atoms with Gasteiger partial charge in [-0.15, -0.1) is 0 Å². The van der Waals surface area contributed by atoms with Gasteiger partial charge >= 0.3 is 0 Å². The highest BCUT2D eigenvalue weighted by Gasteiger charge is 2.08. The van der Waals surface area contributed by atoms with Crippen LogP contribution in [0.2, 0.25) is 0 Å². The fourth-order valence-electron chi connectivity index (χ4n) is 2.39. The largest absolute Gasteiger partial charge is 0.356 e. The van der Waals surface area contributed by atoms with Gasteiger partial charge in [0.25, 0.3) is 5.91 Å². The summed E-state index contributed by atoms with van der Waals surface area (Å²) in [6.45, 7) is -0.180. The molecule has 2 amide bonds. The maximum absolute atomic E-state index is 12.9. The number of carbonyl (C=O) groups is 2. The van der Waals surface area contributed by atoms with Crippen LogP contribution in [0.3, 0.4) is 0 Å². The maximum atomic E-state index is 12.9. The number of nitrogens with one attached hydrogen (secondary N) is 3. The molecule has 0 spiro atoms. The van der Waals surface area contributed by atoms with Gasteiger partial charge in [-0.25, -0.2) is 4.39 Å². The van der Waals surface area contributed by atoms with Crippen LogP contribution in [0, 0.1) is 5.82 Å². The van der Waals surface area contributed by atoms with Gasteiger partial charge in [0, 0.05) is 22.6 Å². The molecule has 0 atom stereocenters. The summed E-state index contributed by atoms with van der Waals surface area (Å²) in [5.74, 6) is -1.21. The predicted octanol–water partition coefficient (Wildman–Crippen LogP) is 3.94. The minimum absolute atomic E-state index is 0.180. The molecule has 27 heavy (non-hydrogen) atoms. The van der Waals surface area contributed by atoms with Crippen LogP contribution in [0.5, 0.6) is 0 Å². The summed E-state index contributed by atoms with van der Waals surface area (Å²) in [5.41, 5.74) is 2.77. The third-order valence-corrected chi connectivity index (χ3v) is 3.75. The molecule has 3 aromatic rings. The number of hydrogen-bond donors (Lipinski definition) is 3. The van der Waals surface area contributed by atoms with Crippen LogP contribution in [-0.4, -0.2) is 18.4 Å². The van der Waals surface area contributed by atoms with E-state index < -0.39 is 11.7 Å². The lowest BCUT2D eigenvalue weighted by Gasteiger charge is -2.09. The summed E-state index contributed by atoms with van der Waals surface area (Å²) < 4.78 is 12.9. The number of para-hydroxylation sites is 1. The lowest BCUT2D eigenvalue weighted by Crippen LogP contribution is -2.32. The molecular weight excluding hydrogens is 345 g/mol. The predicted molar refractivity (Wildman–Crippen MR) is 104 cm³/mol. The van der Waals surface area contributed by atoms with Crippen molar-refractivity contribution in [1.82, 2.24) is 5.32 Å². The Morgan fingerprint density at radius 3 is 2.00 bits per heavy atom. The Hall–Kier alpha value is -3.67. The summed E-state index contributed by atoms with van der Waals surface area (Å²) in [6, 6.07) is 22.1. The van der Waals surface area contributed by atoms with Gasteiger partial charge in [-0.1, -0.05) is 18.2 Å². The van der Waals surface area contributed by atoms with Gasteiger partial charge in [-0.05, 0) is 60.7 Å². The van der Waals surface area contributed by atoms with E-state index in [2.05, 4.69) is 16.0 Å². The van der Waals surface area contributed by atoms with Crippen LogP contribution >= 0.6 is 0 Å². The van der Waals surface area contributed by atoms with E-state index in [0.29, 0.717) is 11.3 Å². The first-order chi connectivity index (χ1) is 13.1. The number of anilines is 3. The Labute approximate surface area is 156 Å². The normalized spacial score (nSPS) is 10.1. The second-order valence-corrected chi connectivity index (χ2v) is 5.81. The van der Waals surface area contributed by atoms with Crippen LogP contribution < -0.4 is 16.0 Å². The Morgan fingerprint density at radius 1 is 0.741 bits per heavy atom. The highest BCUT2D eigenvalue weighted by atomic mass is 19.1. The van der Waals surface area contributed by atoms with Crippen molar-refractivity contribution >= 4 is 28.9 Å². The van der Waals surface area contributed by atoms with Crippen LogP contribution in [-0.2, 0) is 4.79 Å². The van der Waals surface area contributed by atoms with Crippen molar-refractivity contribution in [3.05, 3.63) is 90.2 Å². The average molecular weight is 363 g/mol. The average Bonchev–Trinajstić information content (AvgIpc) is 2.69. The van der Waals surface area contributed by atoms with Crippen molar-refractivity contribution in [1.29, 1.82) is 0 Å². The fraction of sp³-hybridized carbons (Fsp3) is 0.0476. The third-order valence-electron chi connectivity index (χ3n) is 3.75. The molecular formula is C21H18FN3O2. The van der Waals surface area contributed by atoms with Crippen LogP contribution in [0.25, 0.3) is 0 Å². The summed E-state index contributed by atoms with van der Waals surface area (Å²) in [7, 11) is 0. The highest BCUT2D eigenvalue weighted by Crippen LogP contribution is 2.18. The van der Waals surface area contributed by atoms with Gasteiger partial charge in [-0.3, -0.25) is 9.59 Å². The van der Waals surface area contributed by atoms with Gasteiger partial charge in [-0.2, -0.15) is 0 Å². The van der Waals surface area contributed by atoms with Crippen molar-refractivity contribution in [2.45, 2.75) is 0 Å². The van der Waals surface area contributed by atoms with Crippen molar-refractivity contribution in [3.8, 4) is 0 Å². The molecule has 3 rings (SSSR count). The number of hydrogen-bond acceptors (Lipinski definition) is 3. The Morgan fingerprint density at radius 2 is 1.33 bits per heavy atom. The topological polar surface area (TPSA) is 70.2 Å². The summed E-state index contributed by atoms with van der Waals surface area (Å²) in [5, 5.41) is 8.45. The van der Waals surface area contributed by atoms with Gasteiger partial charge in [0.2, 0.25) is 5.91 Å². The first-order valence-electron chi connectivity index (χ1n) is 8.36. The molecule has 6 heteroatoms. The quantitative estimate of drug-likeness (QED) is 0.621. The lowest BCUT2D eigenvalue weighted by molar-refractivity contribution is -0.115. The minimum Gasteiger partial charge on any atom is -0.356 e. The van der Waals surface area contributed by atoms with E-state index in [1.807, 2.05) is 42.5 Å². The molecule has 3 N–H and O–H groups in total. The lowest BCUT2D eigenvalue weighted by atomic mass is 10.2. The molecule has 0 aliphatic heterocycles. The van der Waals surface area contributed by atoms with Crippen molar-refractivity contribution in [2.24, 2.45) is 0 Å². The van der Waals surface area contributed by atoms with Crippen molar-refractivity contribution in [2.75, 3.05) is 17.2 Å². The van der Waals surface area contributed by atoms with Gasteiger partial charge in [0.1, 0.15) is 5.82 Å². The first-order valence-corrected chi connectivity index (χ1v) is 8.36. The van der Waals surface area contributed by atoms with Crippen molar-refractivity contribution < 1.29 is 14.0 Å². The molecule has 0 aliphatic carbocycles. The zero-order valence-electron chi connectivity index (χ0n) is 14.4. The monoisotopic (exact) mass is 363 g/mol. The van der Waals surface area contributed by atoms with E-state index in [-0.39, 0.29) is 12.5 Å². The number of benzene rings is 3. The Bertz CT molecular complexity index is 910. The fourth-order valence-corrected chi connectivity index (χ4v) is 2.39. The Kier molecular flexibility index (Phi) is 5.79. The van der Waals surface area contributed by atoms with Crippen LogP contribution in [0.1, 0.15) is 10.4 Å². The second-order valence-electron chi connectivity index (χ2n) is 5.81. The van der Waals surface area contributed by atoms with Crippen LogP contribution in [0.15, 0.2) is 78.9 Å². The van der Waals surface area contributed by atoms with E-state index in [4.69, 9.17) is 0 Å². The SMILES string of the molecule is O=C(CNC(=O)c1ccc(F)cc1)Nc1ccc(Nc2ccccc2)cc1. The highest BCUT2D eigenvalue weighted by molar-refractivity contribution is 5.99. The van der Waals surface area contributed by atoms with Gasteiger partial charge in [0.05, 0.1) is 6.54 Å². The number of amides is 2. The number of carbonyl (C=O) groups excluding carboxylic acids is 2. The molecule has 0 aliphatic rings. The van der Waals surface area contributed by atoms with Gasteiger partial charge < -0.3 is 16.0 Å². The van der Waals surface area contributed by atoms with E-state index >= 15 is 0 Å². The molecule has 3 aromatic carbocycles. The summed E-state index contributed by atoms with van der Waals surface area (Å²) in [4.78, 5) is 23.9. The van der Waals surface area contributed by atoms with Crippen LogP contribution in [0.4, 0.5) is 21.5 Å². The number of halogens is 1.